The van der Waals surface area contributed by atoms with Crippen LogP contribution >= 0.6 is 0 Å². The summed E-state index contributed by atoms with van der Waals surface area (Å²) in [4.78, 5) is 3.76. The minimum Gasteiger partial charge on any atom is -0.247 e. The van der Waals surface area contributed by atoms with Crippen LogP contribution in [0.5, 0.6) is 0 Å². The van der Waals surface area contributed by atoms with E-state index < -0.39 is 0 Å². The number of nitrogens with one attached hydrogen (secondary N) is 1. The molecule has 1 N–H and O–H groups in total. The van der Waals surface area contributed by atoms with E-state index in [1.165, 1.54) is 237 Å². The van der Waals surface area contributed by atoms with E-state index in [1.54, 1.807) is 0 Å². The van der Waals surface area contributed by atoms with Gasteiger partial charge in [-0.2, -0.15) is 0 Å². The Labute approximate surface area is 297 Å². The number of aromatic nitrogens is 2. The zero-order valence-electron chi connectivity index (χ0n) is 33.2. The summed E-state index contributed by atoms with van der Waals surface area (Å²) in [6, 6.07) is 0.618. The molecule has 0 aliphatic rings. The molecule has 0 spiro atoms. The van der Waals surface area contributed by atoms with Crippen molar-refractivity contribution in [2.45, 2.75) is 271 Å². The first kappa shape index (κ1) is 44.2. The molecule has 0 bridgehead atoms. The molecule has 2 unspecified atom stereocenters. The van der Waals surface area contributed by atoms with Gasteiger partial charge in [-0.25, -0.2) is 9.55 Å². The number of rotatable bonds is 38. The summed E-state index contributed by atoms with van der Waals surface area (Å²) in [7, 11) is 0. The van der Waals surface area contributed by atoms with Gasteiger partial charge < -0.3 is 0 Å². The average Bonchev–Trinajstić information content (AvgIpc) is 3.57. The topological polar surface area (TPSA) is 19.7 Å². The lowest BCUT2D eigenvalue weighted by atomic mass is 9.92. The SMILES string of the molecule is CCCCCCCCCCCCCCCCCCC(CCCCCCCCC)c1[nH]cc[n+]1C(C)CCCCCCCCCCCC. The number of hydrogen-bond acceptors (Lipinski definition) is 0. The molecule has 0 aliphatic carbocycles. The molecular formula is C45H89N2+. The van der Waals surface area contributed by atoms with Crippen molar-refractivity contribution in [3.05, 3.63) is 18.2 Å². The third-order valence-corrected chi connectivity index (χ3v) is 11.1. The van der Waals surface area contributed by atoms with Gasteiger partial charge in [0, 0.05) is 0 Å². The van der Waals surface area contributed by atoms with Crippen molar-refractivity contribution in [1.29, 1.82) is 0 Å². The highest BCUT2D eigenvalue weighted by molar-refractivity contribution is 4.90. The lowest BCUT2D eigenvalue weighted by Gasteiger charge is -2.17. The summed E-state index contributed by atoms with van der Waals surface area (Å²) in [6.07, 6.45) is 56.1. The summed E-state index contributed by atoms with van der Waals surface area (Å²) < 4.78 is 2.64. The molecule has 2 nitrogen and oxygen atoms in total. The molecule has 2 heteroatoms. The van der Waals surface area contributed by atoms with Gasteiger partial charge in [0.15, 0.2) is 0 Å². The number of nitrogens with zero attached hydrogens (tertiary/aromatic N) is 1. The number of H-pyrrole nitrogens is 1. The van der Waals surface area contributed by atoms with E-state index in [2.05, 4.69) is 49.6 Å². The van der Waals surface area contributed by atoms with Crippen LogP contribution in [0.4, 0.5) is 0 Å². The van der Waals surface area contributed by atoms with E-state index in [1.807, 2.05) is 0 Å². The summed E-state index contributed by atoms with van der Waals surface area (Å²) in [5.74, 6) is 2.25. The fourth-order valence-electron chi connectivity index (χ4n) is 7.84. The Kier molecular flexibility index (Phi) is 33.0. The van der Waals surface area contributed by atoms with E-state index >= 15 is 0 Å². The van der Waals surface area contributed by atoms with Gasteiger partial charge in [-0.1, -0.05) is 226 Å². The van der Waals surface area contributed by atoms with E-state index in [0.29, 0.717) is 12.0 Å². The van der Waals surface area contributed by atoms with Crippen LogP contribution < -0.4 is 4.57 Å². The molecule has 0 aromatic carbocycles. The van der Waals surface area contributed by atoms with Gasteiger partial charge in [0.1, 0.15) is 12.4 Å². The fraction of sp³-hybridized carbons (Fsp3) is 0.933. The van der Waals surface area contributed by atoms with Crippen molar-refractivity contribution in [2.75, 3.05) is 0 Å². The predicted molar refractivity (Wildman–Crippen MR) is 212 cm³/mol. The Bertz CT molecular complexity index is 723. The molecule has 2 atom stereocenters. The largest absolute Gasteiger partial charge is 0.257 e. The van der Waals surface area contributed by atoms with Gasteiger partial charge in [0.05, 0.1) is 12.0 Å². The smallest absolute Gasteiger partial charge is 0.247 e. The lowest BCUT2D eigenvalue weighted by Crippen LogP contribution is -2.41. The molecule has 1 aromatic heterocycles. The Morgan fingerprint density at radius 2 is 0.681 bits per heavy atom. The Morgan fingerprint density at radius 1 is 0.404 bits per heavy atom. The van der Waals surface area contributed by atoms with Gasteiger partial charge in [-0.05, 0) is 32.6 Å². The van der Waals surface area contributed by atoms with E-state index in [9.17, 15) is 0 Å². The van der Waals surface area contributed by atoms with Crippen molar-refractivity contribution in [3.8, 4) is 0 Å². The molecular weight excluding hydrogens is 569 g/mol. The van der Waals surface area contributed by atoms with Crippen LogP contribution in [0.3, 0.4) is 0 Å². The molecule has 0 amide bonds. The zero-order chi connectivity index (χ0) is 33.9. The molecule has 278 valence electrons. The maximum absolute atomic E-state index is 3.76. The Hall–Kier alpha value is -0.790. The van der Waals surface area contributed by atoms with Crippen molar-refractivity contribution < 1.29 is 4.57 Å². The molecule has 1 aromatic rings. The standard InChI is InChI=1S/C45H88N2/c1-5-8-11-14-17-19-21-22-23-24-25-26-28-31-34-37-40-44(39-36-33-29-16-13-10-7-3)45-46-41-42-47(45)43(4)38-35-32-30-27-20-18-15-12-9-6-2/h41-44H,5-40H2,1-4H3/p+1. The van der Waals surface area contributed by atoms with Crippen LogP contribution in [0.25, 0.3) is 0 Å². The van der Waals surface area contributed by atoms with Crippen LogP contribution in [0.1, 0.15) is 277 Å². The molecule has 1 heterocycles. The summed E-state index contributed by atoms with van der Waals surface area (Å²) in [6.45, 7) is 9.43. The third-order valence-electron chi connectivity index (χ3n) is 11.1. The van der Waals surface area contributed by atoms with Gasteiger partial charge in [-0.15, -0.1) is 0 Å². The molecule has 1 rings (SSSR count). The number of unbranched alkanes of at least 4 members (excludes halogenated alkanes) is 30. The highest BCUT2D eigenvalue weighted by atomic mass is 15.1. The second-order valence-electron chi connectivity index (χ2n) is 15.8. The zero-order valence-corrected chi connectivity index (χ0v) is 33.2. The van der Waals surface area contributed by atoms with Crippen molar-refractivity contribution in [2.24, 2.45) is 0 Å². The van der Waals surface area contributed by atoms with Gasteiger partial charge in [-0.3, -0.25) is 0 Å². The minimum atomic E-state index is 0.618. The van der Waals surface area contributed by atoms with Gasteiger partial charge >= 0.3 is 0 Å². The normalized spacial score (nSPS) is 13.0. The van der Waals surface area contributed by atoms with Crippen molar-refractivity contribution >= 4 is 0 Å². The second kappa shape index (κ2) is 35.1. The minimum absolute atomic E-state index is 0.618. The first-order chi connectivity index (χ1) is 23.2. The highest BCUT2D eigenvalue weighted by Crippen LogP contribution is 2.27. The number of aromatic amines is 1. The van der Waals surface area contributed by atoms with E-state index in [4.69, 9.17) is 0 Å². The van der Waals surface area contributed by atoms with E-state index in [-0.39, 0.29) is 0 Å². The first-order valence-corrected chi connectivity index (χ1v) is 22.3. The van der Waals surface area contributed by atoms with Crippen LogP contribution in [0, 0.1) is 0 Å². The van der Waals surface area contributed by atoms with Gasteiger partial charge in [0.25, 0.3) is 5.82 Å². The molecule has 0 saturated carbocycles. The monoisotopic (exact) mass is 658 g/mol. The molecule has 0 radical (unpaired) electrons. The number of imidazole rings is 1. The predicted octanol–water partition coefficient (Wildman–Crippen LogP) is 16.1. The quantitative estimate of drug-likeness (QED) is 0.0539. The van der Waals surface area contributed by atoms with Crippen molar-refractivity contribution in [1.82, 2.24) is 4.98 Å². The Morgan fingerprint density at radius 3 is 1.00 bits per heavy atom. The molecule has 0 saturated heterocycles. The van der Waals surface area contributed by atoms with Crippen molar-refractivity contribution in [3.63, 3.8) is 0 Å². The number of hydrogen-bond donors (Lipinski definition) is 1. The van der Waals surface area contributed by atoms with Gasteiger partial charge in [0.2, 0.25) is 0 Å². The second-order valence-corrected chi connectivity index (χ2v) is 15.8. The third kappa shape index (κ3) is 26.7. The lowest BCUT2D eigenvalue weighted by molar-refractivity contribution is -0.727. The maximum atomic E-state index is 3.76. The van der Waals surface area contributed by atoms with Crippen LogP contribution in [0.15, 0.2) is 12.4 Å². The summed E-state index contributed by atoms with van der Waals surface area (Å²) >= 11 is 0. The molecule has 0 aliphatic heterocycles. The maximum Gasteiger partial charge on any atom is 0.257 e. The Balaban J connectivity index is 2.32. The summed E-state index contributed by atoms with van der Waals surface area (Å²) in [5, 5.41) is 0. The van der Waals surface area contributed by atoms with Crippen LogP contribution in [0.2, 0.25) is 0 Å². The van der Waals surface area contributed by atoms with Crippen LogP contribution in [-0.2, 0) is 0 Å². The highest BCUT2D eigenvalue weighted by Gasteiger charge is 2.25. The molecule has 47 heavy (non-hydrogen) atoms. The molecule has 0 fully saturated rings. The van der Waals surface area contributed by atoms with E-state index in [0.717, 1.165) is 0 Å². The fourth-order valence-corrected chi connectivity index (χ4v) is 7.84. The summed E-state index contributed by atoms with van der Waals surface area (Å²) in [5.41, 5.74) is 0. The first-order valence-electron chi connectivity index (χ1n) is 22.3. The average molecular weight is 658 g/mol. The van der Waals surface area contributed by atoms with Crippen LogP contribution in [-0.4, -0.2) is 4.98 Å².